The zero-order chi connectivity index (χ0) is 8.39. The topological polar surface area (TPSA) is 13.1 Å². The van der Waals surface area contributed by atoms with E-state index in [9.17, 15) is 0 Å². The summed E-state index contributed by atoms with van der Waals surface area (Å²) in [5, 5.41) is 2.20. The maximum atomic E-state index is 5.24. The molecule has 0 atom stereocenters. The van der Waals surface area contributed by atoms with Crippen molar-refractivity contribution in [3.8, 4) is 0 Å². The SMILES string of the molecule is BrCCc1ccc2occc2c1.[H+]. The van der Waals surface area contributed by atoms with Gasteiger partial charge in [-0.05, 0) is 30.2 Å². The summed E-state index contributed by atoms with van der Waals surface area (Å²) in [7, 11) is 0. The summed E-state index contributed by atoms with van der Waals surface area (Å²) < 4.78 is 5.24. The molecule has 0 aliphatic carbocycles. The van der Waals surface area contributed by atoms with Crippen molar-refractivity contribution in [2.75, 3.05) is 5.33 Å². The molecule has 1 aromatic heterocycles. The number of aryl methyl sites for hydroxylation is 1. The van der Waals surface area contributed by atoms with E-state index >= 15 is 0 Å². The average Bonchev–Trinajstić information content (AvgIpc) is 2.51. The van der Waals surface area contributed by atoms with Gasteiger partial charge in [0.2, 0.25) is 0 Å². The van der Waals surface area contributed by atoms with Crippen LogP contribution in [0.25, 0.3) is 11.0 Å². The molecule has 0 radical (unpaired) electrons. The van der Waals surface area contributed by atoms with Crippen LogP contribution in [-0.4, -0.2) is 5.33 Å². The maximum Gasteiger partial charge on any atom is 1.00 e. The van der Waals surface area contributed by atoms with Gasteiger partial charge in [-0.15, -0.1) is 0 Å². The lowest BCUT2D eigenvalue weighted by Gasteiger charge is -1.96. The molecule has 0 aliphatic heterocycles. The third kappa shape index (κ3) is 1.39. The Morgan fingerprint density at radius 2 is 2.25 bits per heavy atom. The van der Waals surface area contributed by atoms with Crippen molar-refractivity contribution >= 4 is 26.9 Å². The van der Waals surface area contributed by atoms with Gasteiger partial charge in [0.1, 0.15) is 5.58 Å². The number of fused-ring (bicyclic) bond motifs is 1. The van der Waals surface area contributed by atoms with Gasteiger partial charge < -0.3 is 4.42 Å². The van der Waals surface area contributed by atoms with Crippen LogP contribution in [0.2, 0.25) is 0 Å². The first-order valence-corrected chi connectivity index (χ1v) is 5.04. The van der Waals surface area contributed by atoms with Crippen LogP contribution in [0.4, 0.5) is 0 Å². The van der Waals surface area contributed by atoms with Crippen molar-refractivity contribution in [3.05, 3.63) is 36.1 Å². The van der Waals surface area contributed by atoms with Crippen molar-refractivity contribution in [2.45, 2.75) is 6.42 Å². The standard InChI is InChI=1S/C10H9BrO/c11-5-3-8-1-2-10-9(7-8)4-6-12-10/h1-2,4,6-7H,3,5H2/p+1. The predicted octanol–water partition coefficient (Wildman–Crippen LogP) is 3.48. The van der Waals surface area contributed by atoms with Gasteiger partial charge in [0, 0.05) is 10.7 Å². The monoisotopic (exact) mass is 225 g/mol. The lowest BCUT2D eigenvalue weighted by molar-refractivity contribution is 0.616. The van der Waals surface area contributed by atoms with Crippen molar-refractivity contribution in [1.29, 1.82) is 0 Å². The van der Waals surface area contributed by atoms with Crippen molar-refractivity contribution in [1.82, 2.24) is 0 Å². The highest BCUT2D eigenvalue weighted by molar-refractivity contribution is 9.09. The number of rotatable bonds is 2. The van der Waals surface area contributed by atoms with Crippen LogP contribution >= 0.6 is 15.9 Å². The molecule has 2 heteroatoms. The van der Waals surface area contributed by atoms with Crippen LogP contribution in [0.3, 0.4) is 0 Å². The summed E-state index contributed by atoms with van der Waals surface area (Å²) in [6.07, 6.45) is 2.80. The second-order valence-corrected chi connectivity index (χ2v) is 3.52. The molecule has 0 aliphatic rings. The highest BCUT2D eigenvalue weighted by Gasteiger charge is 1.97. The van der Waals surface area contributed by atoms with E-state index in [1.54, 1.807) is 6.26 Å². The highest BCUT2D eigenvalue weighted by atomic mass is 79.9. The fourth-order valence-electron chi connectivity index (χ4n) is 1.28. The van der Waals surface area contributed by atoms with E-state index in [2.05, 4.69) is 28.1 Å². The van der Waals surface area contributed by atoms with Crippen molar-refractivity contribution in [2.24, 2.45) is 0 Å². The molecule has 0 fully saturated rings. The van der Waals surface area contributed by atoms with Crippen LogP contribution < -0.4 is 0 Å². The number of alkyl halides is 1. The molecule has 0 saturated carbocycles. The van der Waals surface area contributed by atoms with Gasteiger partial charge in [-0.2, -0.15) is 0 Å². The Hall–Kier alpha value is -0.760. The second-order valence-electron chi connectivity index (χ2n) is 2.73. The van der Waals surface area contributed by atoms with Crippen LogP contribution in [0.15, 0.2) is 34.9 Å². The first kappa shape index (κ1) is 7.87. The fourth-order valence-corrected chi connectivity index (χ4v) is 1.74. The summed E-state index contributed by atoms with van der Waals surface area (Å²) in [5.41, 5.74) is 2.31. The molecule has 1 heterocycles. The van der Waals surface area contributed by atoms with E-state index in [1.165, 1.54) is 10.9 Å². The molecule has 1 aromatic carbocycles. The minimum atomic E-state index is 0. The van der Waals surface area contributed by atoms with E-state index in [4.69, 9.17) is 4.42 Å². The molecule has 12 heavy (non-hydrogen) atoms. The summed E-state index contributed by atoms with van der Waals surface area (Å²) in [6.45, 7) is 0. The normalized spacial score (nSPS) is 10.8. The van der Waals surface area contributed by atoms with Gasteiger partial charge in [0.25, 0.3) is 0 Å². The predicted molar refractivity (Wildman–Crippen MR) is 54.8 cm³/mol. The Morgan fingerprint density at radius 3 is 3.08 bits per heavy atom. The molecule has 0 amide bonds. The zero-order valence-electron chi connectivity index (χ0n) is 7.59. The smallest absolute Gasteiger partial charge is 0.464 e. The third-order valence-electron chi connectivity index (χ3n) is 1.90. The molecule has 1 nitrogen and oxygen atoms in total. The Bertz CT molecular complexity index is 383. The lowest BCUT2D eigenvalue weighted by Crippen LogP contribution is -1.83. The quantitative estimate of drug-likeness (QED) is 0.714. The van der Waals surface area contributed by atoms with Gasteiger partial charge >= 0.3 is 1.43 Å². The summed E-state index contributed by atoms with van der Waals surface area (Å²) in [5.74, 6) is 0. The zero-order valence-corrected chi connectivity index (χ0v) is 8.17. The first-order valence-electron chi connectivity index (χ1n) is 3.92. The first-order chi connectivity index (χ1) is 5.90. The molecule has 2 rings (SSSR count). The van der Waals surface area contributed by atoms with E-state index in [0.717, 1.165) is 17.3 Å². The van der Waals surface area contributed by atoms with Gasteiger partial charge in [0.05, 0.1) is 6.26 Å². The number of furan rings is 1. The molecule has 2 aromatic rings. The van der Waals surface area contributed by atoms with Crippen LogP contribution in [0, 0.1) is 0 Å². The van der Waals surface area contributed by atoms with E-state index in [-0.39, 0.29) is 1.43 Å². The molecule has 0 spiro atoms. The average molecular weight is 226 g/mol. The van der Waals surface area contributed by atoms with Crippen LogP contribution in [0.1, 0.15) is 6.99 Å². The lowest BCUT2D eigenvalue weighted by atomic mass is 10.1. The second kappa shape index (κ2) is 3.31. The van der Waals surface area contributed by atoms with Crippen LogP contribution in [-0.2, 0) is 6.42 Å². The molecule has 0 N–H and O–H groups in total. The number of hydrogen-bond donors (Lipinski definition) is 0. The summed E-state index contributed by atoms with van der Waals surface area (Å²) in [6, 6.07) is 8.29. The molecule has 0 bridgehead atoms. The third-order valence-corrected chi connectivity index (χ3v) is 2.30. The Kier molecular flexibility index (Phi) is 2.17. The summed E-state index contributed by atoms with van der Waals surface area (Å²) >= 11 is 3.42. The van der Waals surface area contributed by atoms with Gasteiger partial charge in [-0.3, -0.25) is 0 Å². The van der Waals surface area contributed by atoms with E-state index in [1.807, 2.05) is 12.1 Å². The summed E-state index contributed by atoms with van der Waals surface area (Å²) in [4.78, 5) is 0. The number of benzene rings is 1. The molecule has 62 valence electrons. The van der Waals surface area contributed by atoms with Gasteiger partial charge in [0.15, 0.2) is 0 Å². The van der Waals surface area contributed by atoms with Gasteiger partial charge in [-0.25, -0.2) is 0 Å². The van der Waals surface area contributed by atoms with Crippen molar-refractivity contribution < 1.29 is 5.84 Å². The Balaban J connectivity index is 0.000000845. The minimum Gasteiger partial charge on any atom is -0.464 e. The highest BCUT2D eigenvalue weighted by Crippen LogP contribution is 2.17. The molecular weight excluding hydrogens is 216 g/mol. The molecular formula is C10H10BrO+. The Morgan fingerprint density at radius 1 is 1.33 bits per heavy atom. The van der Waals surface area contributed by atoms with Gasteiger partial charge in [-0.1, -0.05) is 22.0 Å². The van der Waals surface area contributed by atoms with E-state index < -0.39 is 0 Å². The number of halogens is 1. The maximum absolute atomic E-state index is 5.24. The van der Waals surface area contributed by atoms with E-state index in [0.29, 0.717) is 0 Å². The fraction of sp³-hybridized carbons (Fsp3) is 0.200. The van der Waals surface area contributed by atoms with Crippen molar-refractivity contribution in [3.63, 3.8) is 0 Å². The molecule has 0 saturated heterocycles. The van der Waals surface area contributed by atoms with Crippen LogP contribution in [0.5, 0.6) is 0 Å². The largest absolute Gasteiger partial charge is 1.00 e. The Labute approximate surface area is 81.0 Å². The molecule has 0 unspecified atom stereocenters. The number of hydrogen-bond acceptors (Lipinski definition) is 1. The minimum absolute atomic E-state index is 0.